The van der Waals surface area contributed by atoms with Crippen molar-refractivity contribution >= 4 is 69.2 Å². The van der Waals surface area contributed by atoms with Crippen LogP contribution < -0.4 is 25.6 Å². The Morgan fingerprint density at radius 2 is 1.92 bits per heavy atom. The zero-order valence-corrected chi connectivity index (χ0v) is 28.0. The Hall–Kier alpha value is -5.55. The molecule has 50 heavy (non-hydrogen) atoms. The topological polar surface area (TPSA) is 206 Å². The normalized spacial score (nSPS) is 21.0. The van der Waals surface area contributed by atoms with Crippen LogP contribution in [0.1, 0.15) is 23.2 Å². The van der Waals surface area contributed by atoms with Gasteiger partial charge in [-0.05, 0) is 41.7 Å². The number of nitrogens with two attached hydrogens (primary N) is 1. The molecule has 15 nitrogen and oxygen atoms in total. The highest BCUT2D eigenvalue weighted by Gasteiger charge is 2.53. The van der Waals surface area contributed by atoms with Gasteiger partial charge in [0.25, 0.3) is 17.7 Å². The van der Waals surface area contributed by atoms with Gasteiger partial charge < -0.3 is 36.0 Å². The number of carboxylic acids is 1. The number of carbonyl (C=O) groups excluding carboxylic acids is 5. The number of anilines is 2. The van der Waals surface area contributed by atoms with Gasteiger partial charge in [0.1, 0.15) is 17.1 Å². The third-order valence-electron chi connectivity index (χ3n) is 8.96. The first-order valence-corrected chi connectivity index (χ1v) is 17.6. The van der Waals surface area contributed by atoms with E-state index >= 15 is 0 Å². The Morgan fingerprint density at radius 1 is 1.14 bits per heavy atom. The van der Waals surface area contributed by atoms with Crippen LogP contribution in [0.2, 0.25) is 0 Å². The molecule has 256 valence electrons. The number of amides is 4. The van der Waals surface area contributed by atoms with Crippen molar-refractivity contribution < 1.29 is 38.9 Å². The lowest BCUT2D eigenvalue weighted by Crippen LogP contribution is -2.71. The maximum Gasteiger partial charge on any atom is 0.292 e. The summed E-state index contributed by atoms with van der Waals surface area (Å²) in [5.41, 5.74) is 8.48. The highest BCUT2D eigenvalue weighted by Crippen LogP contribution is 2.41. The minimum absolute atomic E-state index is 0.00207. The van der Waals surface area contributed by atoms with Gasteiger partial charge in [0.05, 0.1) is 11.7 Å². The molecule has 17 heteroatoms. The van der Waals surface area contributed by atoms with E-state index in [0.717, 1.165) is 39.5 Å². The Morgan fingerprint density at radius 3 is 2.64 bits per heavy atom. The number of carbonyl (C=O) groups is 5. The first kappa shape index (κ1) is 33.0. The molecule has 2 aromatic heterocycles. The largest absolute Gasteiger partial charge is 0.543 e. The number of hydrogen-bond acceptors (Lipinski definition) is 12. The molecule has 0 aliphatic carbocycles. The van der Waals surface area contributed by atoms with Crippen LogP contribution in [0.5, 0.6) is 0 Å². The van der Waals surface area contributed by atoms with Crippen LogP contribution in [0.3, 0.4) is 0 Å². The van der Waals surface area contributed by atoms with Gasteiger partial charge in [-0.1, -0.05) is 23.4 Å². The highest BCUT2D eigenvalue weighted by atomic mass is 32.2. The molecule has 4 amide bonds. The third kappa shape index (κ3) is 6.09. The molecule has 4 N–H and O–H groups in total. The number of thiazole rings is 1. The number of nitrogens with one attached hydrogen (secondary N) is 1. The maximum absolute atomic E-state index is 13.4. The average molecular weight is 715 g/mol. The van der Waals surface area contributed by atoms with Gasteiger partial charge in [-0.15, -0.1) is 23.1 Å². The molecular formula is C33H30N8O7S2. The number of rotatable bonds is 9. The van der Waals surface area contributed by atoms with Gasteiger partial charge in [-0.25, -0.2) is 4.98 Å². The molecule has 7 rings (SSSR count). The van der Waals surface area contributed by atoms with Crippen molar-refractivity contribution in [2.45, 2.75) is 37.3 Å². The van der Waals surface area contributed by atoms with E-state index in [-0.39, 0.29) is 46.2 Å². The molecule has 4 aliphatic rings. The number of benzene rings is 1. The van der Waals surface area contributed by atoms with Crippen molar-refractivity contribution in [3.8, 4) is 0 Å². The fourth-order valence-corrected chi connectivity index (χ4v) is 8.34. The minimum Gasteiger partial charge on any atom is -0.543 e. The number of β-lactam (4-membered cyclic amide) rings is 1. The molecule has 3 aromatic rings. The number of carboxylic acid groups (broad SMARTS) is 1. The summed E-state index contributed by atoms with van der Waals surface area (Å²) in [6, 6.07) is 10.5. The van der Waals surface area contributed by atoms with Crippen LogP contribution in [0, 0.1) is 0 Å². The molecule has 1 aromatic carbocycles. The molecule has 2 fully saturated rings. The zero-order valence-electron chi connectivity index (χ0n) is 26.4. The maximum atomic E-state index is 13.4. The Kier molecular flexibility index (Phi) is 8.83. The molecule has 0 unspecified atom stereocenters. The number of hydrogen-bond donors (Lipinski definition) is 3. The van der Waals surface area contributed by atoms with Crippen LogP contribution in [0.4, 0.5) is 10.8 Å². The van der Waals surface area contributed by atoms with E-state index in [0.29, 0.717) is 31.6 Å². The lowest BCUT2D eigenvalue weighted by atomic mass is 10.0. The monoisotopic (exact) mass is 714 g/mol. The van der Waals surface area contributed by atoms with Crippen LogP contribution in [-0.4, -0.2) is 85.6 Å². The second-order valence-electron chi connectivity index (χ2n) is 12.0. The standard InChI is InChI=1S/C33H30N8O7S2/c34-33-35-22(17-50-33)25(37-48)28(43)36-26-30(45)41-27(32(46)47)21(16-49-31(26)41)13-20-7-11-39(29(20)44)14-18-5-9-38(10-6-18)15-24(42)40-12-8-19-3-1-2-4-23(19)40/h1-6,9-10,13,17,26,31H,7-8,11-12,14-16H2,(H4-,34,35,36,43,46,47,48)/t26-,31-/m1/s1. The number of aromatic nitrogens is 2. The molecule has 0 spiro atoms. The predicted octanol–water partition coefficient (Wildman–Crippen LogP) is -0.457. The van der Waals surface area contributed by atoms with Gasteiger partial charge in [-0.2, -0.15) is 4.57 Å². The van der Waals surface area contributed by atoms with Crippen molar-refractivity contribution in [3.63, 3.8) is 0 Å². The number of likely N-dealkylation sites (tertiary alicyclic amines) is 1. The van der Waals surface area contributed by atoms with Crippen LogP contribution in [0.25, 0.3) is 0 Å². The number of para-hydroxylation sites is 1. The van der Waals surface area contributed by atoms with E-state index in [2.05, 4.69) is 15.5 Å². The average Bonchev–Trinajstić information content (AvgIpc) is 3.83. The first-order chi connectivity index (χ1) is 24.1. The number of oxime groups is 1. The van der Waals surface area contributed by atoms with Crippen molar-refractivity contribution in [2.24, 2.45) is 5.16 Å². The first-order valence-electron chi connectivity index (χ1n) is 15.6. The lowest BCUT2D eigenvalue weighted by molar-refractivity contribution is -0.684. The van der Waals surface area contributed by atoms with E-state index in [9.17, 15) is 34.3 Å². The van der Waals surface area contributed by atoms with Crippen LogP contribution >= 0.6 is 23.1 Å². The number of aliphatic carboxylic acids is 1. The third-order valence-corrected chi connectivity index (χ3v) is 10.9. The number of allylic oxidation sites excluding steroid dienone is 1. The predicted molar refractivity (Wildman–Crippen MR) is 179 cm³/mol. The fraction of sp³-hybridized carbons (Fsp3) is 0.273. The van der Waals surface area contributed by atoms with Crippen molar-refractivity contribution in [2.75, 3.05) is 29.5 Å². The quantitative estimate of drug-likeness (QED) is 0.0650. The van der Waals surface area contributed by atoms with E-state index in [1.165, 1.54) is 23.2 Å². The second kappa shape index (κ2) is 13.4. The molecule has 2 atom stereocenters. The summed E-state index contributed by atoms with van der Waals surface area (Å²) < 4.78 is 1.80. The smallest absolute Gasteiger partial charge is 0.292 e. The Balaban J connectivity index is 0.984. The van der Waals surface area contributed by atoms with Gasteiger partial charge in [-0.3, -0.25) is 24.1 Å². The number of pyridine rings is 1. The molecule has 4 aliphatic heterocycles. The van der Waals surface area contributed by atoms with Crippen molar-refractivity contribution in [1.29, 1.82) is 0 Å². The summed E-state index contributed by atoms with van der Waals surface area (Å²) in [6.07, 6.45) is 6.35. The second-order valence-corrected chi connectivity index (χ2v) is 14.0. The number of nitrogen functional groups attached to an aromatic ring is 1. The SMILES string of the molecule is Nc1nc(/C(=N/O)C(=O)N[C@@H]2C(=O)N3C(C(=O)[O-])=C(C=C4CCN(Cc5cc[n+](CC(=O)N6CCc7ccccc76)cc5)C4=O)CS[C@H]23)cs1. The molecule has 0 bridgehead atoms. The molecule has 0 saturated carbocycles. The number of thioether (sulfide) groups is 1. The van der Waals surface area contributed by atoms with Crippen LogP contribution in [-0.2, 0) is 43.5 Å². The van der Waals surface area contributed by atoms with E-state index in [4.69, 9.17) is 5.73 Å². The summed E-state index contributed by atoms with van der Waals surface area (Å²) in [6.45, 7) is 1.59. The van der Waals surface area contributed by atoms with Crippen molar-refractivity contribution in [3.05, 3.63) is 93.9 Å². The number of nitrogens with zero attached hydrogens (tertiary/aromatic N) is 6. The summed E-state index contributed by atoms with van der Waals surface area (Å²) in [7, 11) is 0. The Labute approximate surface area is 293 Å². The lowest BCUT2D eigenvalue weighted by Gasteiger charge is -2.50. The summed E-state index contributed by atoms with van der Waals surface area (Å²) >= 11 is 2.26. The Bertz CT molecular complexity index is 2030. The summed E-state index contributed by atoms with van der Waals surface area (Å²) in [5.74, 6) is -3.25. The van der Waals surface area contributed by atoms with E-state index < -0.39 is 34.9 Å². The van der Waals surface area contributed by atoms with Crippen molar-refractivity contribution in [1.82, 2.24) is 20.1 Å². The van der Waals surface area contributed by atoms with Gasteiger partial charge in [0.2, 0.25) is 12.5 Å². The van der Waals surface area contributed by atoms with Crippen LogP contribution in [0.15, 0.2) is 82.2 Å². The molecule has 2 saturated heterocycles. The molecular weight excluding hydrogens is 685 g/mol. The highest BCUT2D eigenvalue weighted by molar-refractivity contribution is 8.00. The van der Waals surface area contributed by atoms with E-state index in [1.807, 2.05) is 48.8 Å². The molecule has 6 heterocycles. The minimum atomic E-state index is -1.58. The summed E-state index contributed by atoms with van der Waals surface area (Å²) in [5, 5.41) is 27.9. The zero-order chi connectivity index (χ0) is 35.1. The number of fused-ring (bicyclic) bond motifs is 2. The molecule has 0 radical (unpaired) electrons. The van der Waals surface area contributed by atoms with E-state index in [1.54, 1.807) is 14.4 Å². The summed E-state index contributed by atoms with van der Waals surface area (Å²) in [4.78, 5) is 73.0. The van der Waals surface area contributed by atoms with Gasteiger partial charge in [0, 0.05) is 54.2 Å². The van der Waals surface area contributed by atoms with Gasteiger partial charge in [0.15, 0.2) is 23.2 Å². The fourth-order valence-electron chi connectivity index (χ4n) is 6.48. The van der Waals surface area contributed by atoms with Gasteiger partial charge >= 0.3 is 0 Å².